The van der Waals surface area contributed by atoms with Gasteiger partial charge in [0.2, 0.25) is 0 Å². The molecule has 134 valence electrons. The Labute approximate surface area is 159 Å². The molecule has 1 heterocycles. The molecule has 2 bridgehead atoms. The average molecular weight is 368 g/mol. The zero-order valence-corrected chi connectivity index (χ0v) is 14.4. The lowest BCUT2D eigenvalue weighted by molar-refractivity contribution is 0.0642. The highest BCUT2D eigenvalue weighted by atomic mass is 16.2. The van der Waals surface area contributed by atoms with Gasteiger partial charge in [-0.1, -0.05) is 42.5 Å². The van der Waals surface area contributed by atoms with Crippen LogP contribution in [0.15, 0.2) is 66.7 Å². The number of rotatable bonds is 2. The van der Waals surface area contributed by atoms with Crippen LogP contribution in [0, 0.1) is 0 Å². The molecule has 1 aliphatic heterocycles. The summed E-state index contributed by atoms with van der Waals surface area (Å²) in [6, 6.07) is 17.7. The van der Waals surface area contributed by atoms with Crippen molar-refractivity contribution in [1.82, 2.24) is 5.01 Å². The summed E-state index contributed by atoms with van der Waals surface area (Å²) in [5.74, 6) is -1.64. The van der Waals surface area contributed by atoms with Crippen LogP contribution in [0.3, 0.4) is 0 Å². The minimum absolute atomic E-state index is 0.154. The second-order valence-electron chi connectivity index (χ2n) is 6.57. The predicted molar refractivity (Wildman–Crippen MR) is 100 cm³/mol. The molecule has 0 atom stereocenters. The molecule has 2 amide bonds. The number of benzene rings is 3. The fourth-order valence-corrected chi connectivity index (χ4v) is 3.60. The molecule has 0 radical (unpaired) electrons. The first-order valence-electron chi connectivity index (χ1n) is 8.63. The van der Waals surface area contributed by atoms with Gasteiger partial charge in [-0.15, -0.1) is 0 Å². The number of imide groups is 1. The van der Waals surface area contributed by atoms with Crippen molar-refractivity contribution < 1.29 is 19.2 Å². The van der Waals surface area contributed by atoms with Gasteiger partial charge in [0.25, 0.3) is 11.8 Å². The van der Waals surface area contributed by atoms with Crippen molar-refractivity contribution in [2.45, 2.75) is 0 Å². The van der Waals surface area contributed by atoms with Crippen LogP contribution in [0.25, 0.3) is 0 Å². The standard InChI is InChI=1S/C22H12N2O4/c25-19-14-7-1-2-8-15(14)20(26)18-16(19)9-4-10-17(18)23-24-21(27)12-5-3-6-13(11-12)22(24)28/h1-11,23H. The highest BCUT2D eigenvalue weighted by molar-refractivity contribution is 6.30. The summed E-state index contributed by atoms with van der Waals surface area (Å²) in [5.41, 5.74) is 4.76. The zero-order chi connectivity index (χ0) is 19.4. The van der Waals surface area contributed by atoms with Crippen LogP contribution in [0.1, 0.15) is 52.6 Å². The molecule has 2 aliphatic rings. The summed E-state index contributed by atoms with van der Waals surface area (Å²) in [6.45, 7) is 0. The minimum atomic E-state index is -0.523. The van der Waals surface area contributed by atoms with Gasteiger partial charge in [-0.3, -0.25) is 24.6 Å². The number of ketones is 2. The van der Waals surface area contributed by atoms with E-state index in [2.05, 4.69) is 5.43 Å². The number of fused-ring (bicyclic) bond motifs is 4. The molecule has 3 aromatic rings. The lowest BCUT2D eigenvalue weighted by Gasteiger charge is -2.28. The van der Waals surface area contributed by atoms with E-state index in [9.17, 15) is 19.2 Å². The Morgan fingerprint density at radius 3 is 1.86 bits per heavy atom. The van der Waals surface area contributed by atoms with E-state index in [-0.39, 0.29) is 28.4 Å². The van der Waals surface area contributed by atoms with Crippen LogP contribution in [0.2, 0.25) is 0 Å². The van der Waals surface area contributed by atoms with Crippen LogP contribution in [-0.2, 0) is 0 Å². The predicted octanol–water partition coefficient (Wildman–Crippen LogP) is 3.09. The van der Waals surface area contributed by atoms with Crippen LogP contribution in [0.4, 0.5) is 5.69 Å². The topological polar surface area (TPSA) is 83.6 Å². The van der Waals surface area contributed by atoms with Gasteiger partial charge >= 0.3 is 0 Å². The minimum Gasteiger partial charge on any atom is -0.289 e. The molecule has 0 unspecified atom stereocenters. The summed E-state index contributed by atoms with van der Waals surface area (Å²) in [7, 11) is 0. The number of anilines is 1. The molecule has 6 heteroatoms. The smallest absolute Gasteiger partial charge is 0.279 e. The largest absolute Gasteiger partial charge is 0.289 e. The highest BCUT2D eigenvalue weighted by Crippen LogP contribution is 2.32. The van der Waals surface area contributed by atoms with Gasteiger partial charge in [0.1, 0.15) is 0 Å². The van der Waals surface area contributed by atoms with E-state index in [4.69, 9.17) is 0 Å². The molecule has 1 aliphatic carbocycles. The Kier molecular flexibility index (Phi) is 3.30. The third kappa shape index (κ3) is 2.15. The van der Waals surface area contributed by atoms with Gasteiger partial charge in [0.05, 0.1) is 11.3 Å². The Morgan fingerprint density at radius 1 is 0.607 bits per heavy atom. The third-order valence-corrected chi connectivity index (χ3v) is 4.95. The van der Waals surface area contributed by atoms with Crippen molar-refractivity contribution in [2.24, 2.45) is 0 Å². The average Bonchev–Trinajstić information content (AvgIpc) is 2.74. The summed E-state index contributed by atoms with van der Waals surface area (Å²) >= 11 is 0. The number of nitrogens with zero attached hydrogens (tertiary/aromatic N) is 1. The number of nitrogens with one attached hydrogen (secondary N) is 1. The Morgan fingerprint density at radius 2 is 1.18 bits per heavy atom. The molecule has 0 aromatic heterocycles. The van der Waals surface area contributed by atoms with Gasteiger partial charge in [-0.2, -0.15) is 5.01 Å². The quantitative estimate of drug-likeness (QED) is 0.550. The molecule has 0 spiro atoms. The lowest BCUT2D eigenvalue weighted by atomic mass is 9.83. The SMILES string of the molecule is O=C1c2ccccc2C(=O)c2c(NN3C(=O)c4cccc(c4)C3=O)cccc21. The van der Waals surface area contributed by atoms with Gasteiger partial charge in [-0.05, 0) is 24.3 Å². The van der Waals surface area contributed by atoms with Crippen molar-refractivity contribution in [1.29, 1.82) is 0 Å². The van der Waals surface area contributed by atoms with Crippen LogP contribution < -0.4 is 5.43 Å². The summed E-state index contributed by atoms with van der Waals surface area (Å²) in [4.78, 5) is 51.1. The van der Waals surface area contributed by atoms with Gasteiger partial charge in [0.15, 0.2) is 11.6 Å². The van der Waals surface area contributed by atoms with E-state index in [1.165, 1.54) is 6.07 Å². The highest BCUT2D eigenvalue weighted by Gasteiger charge is 2.34. The van der Waals surface area contributed by atoms with E-state index < -0.39 is 11.8 Å². The van der Waals surface area contributed by atoms with Crippen molar-refractivity contribution >= 4 is 29.1 Å². The Hall–Kier alpha value is -4.06. The number of carbonyl (C=O) groups excluding carboxylic acids is 4. The first-order valence-corrected chi connectivity index (χ1v) is 8.63. The lowest BCUT2D eigenvalue weighted by Crippen LogP contribution is -2.44. The van der Waals surface area contributed by atoms with E-state index >= 15 is 0 Å². The molecular weight excluding hydrogens is 356 g/mol. The monoisotopic (exact) mass is 368 g/mol. The maximum absolute atomic E-state index is 13.1. The zero-order valence-electron chi connectivity index (χ0n) is 14.4. The number of hydrogen-bond donors (Lipinski definition) is 1. The molecular formula is C22H12N2O4. The molecule has 6 nitrogen and oxygen atoms in total. The summed E-state index contributed by atoms with van der Waals surface area (Å²) in [5, 5.41) is 0.874. The van der Waals surface area contributed by atoms with E-state index in [1.807, 2.05) is 0 Å². The summed E-state index contributed by atoms with van der Waals surface area (Å²) < 4.78 is 0. The second kappa shape index (κ2) is 5.72. The maximum Gasteiger partial charge on any atom is 0.279 e. The van der Waals surface area contributed by atoms with Crippen molar-refractivity contribution in [2.75, 3.05) is 5.43 Å². The van der Waals surface area contributed by atoms with Crippen molar-refractivity contribution in [3.8, 4) is 0 Å². The van der Waals surface area contributed by atoms with E-state index in [1.54, 1.807) is 60.7 Å². The van der Waals surface area contributed by atoms with Crippen molar-refractivity contribution in [3.63, 3.8) is 0 Å². The van der Waals surface area contributed by atoms with E-state index in [0.29, 0.717) is 22.3 Å². The fourth-order valence-electron chi connectivity index (χ4n) is 3.60. The van der Waals surface area contributed by atoms with Crippen LogP contribution >= 0.6 is 0 Å². The molecule has 1 N–H and O–H groups in total. The molecule has 5 rings (SSSR count). The molecule has 0 saturated carbocycles. The van der Waals surface area contributed by atoms with Crippen LogP contribution in [-0.4, -0.2) is 28.4 Å². The number of hydrogen-bond acceptors (Lipinski definition) is 5. The maximum atomic E-state index is 13.1. The normalized spacial score (nSPS) is 14.6. The second-order valence-corrected chi connectivity index (χ2v) is 6.57. The first kappa shape index (κ1) is 16.1. The first-order chi connectivity index (χ1) is 13.6. The van der Waals surface area contributed by atoms with Gasteiger partial charge in [0, 0.05) is 27.8 Å². The van der Waals surface area contributed by atoms with Gasteiger partial charge in [-0.25, -0.2) is 0 Å². The number of hydrazine groups is 1. The fraction of sp³-hybridized carbons (Fsp3) is 0. The number of amides is 2. The third-order valence-electron chi connectivity index (χ3n) is 4.95. The Balaban J connectivity index is 1.60. The van der Waals surface area contributed by atoms with Gasteiger partial charge < -0.3 is 0 Å². The molecule has 0 saturated heterocycles. The molecule has 0 fully saturated rings. The number of carbonyl (C=O) groups is 4. The summed E-state index contributed by atoms with van der Waals surface area (Å²) in [6.07, 6.45) is 0. The van der Waals surface area contributed by atoms with E-state index in [0.717, 1.165) is 5.01 Å². The molecule has 28 heavy (non-hydrogen) atoms. The van der Waals surface area contributed by atoms with Crippen LogP contribution in [0.5, 0.6) is 0 Å². The van der Waals surface area contributed by atoms with Crippen molar-refractivity contribution in [3.05, 3.63) is 100 Å². The molecule has 3 aromatic carbocycles. The Bertz CT molecular complexity index is 1200.